The van der Waals surface area contributed by atoms with E-state index in [0.717, 1.165) is 12.8 Å². The summed E-state index contributed by atoms with van der Waals surface area (Å²) in [5, 5.41) is 15.2. The molecule has 0 aromatic carbocycles. The second kappa shape index (κ2) is 6.62. The molecule has 1 rings (SSSR count). The number of amides is 1. The minimum absolute atomic E-state index is 0.0180. The molecule has 0 aliphatic carbocycles. The van der Waals surface area contributed by atoms with Crippen LogP contribution in [0.5, 0.6) is 0 Å². The lowest BCUT2D eigenvalue weighted by Gasteiger charge is -2.13. The smallest absolute Gasteiger partial charge is 0.326 e. The largest absolute Gasteiger partial charge is 0.480 e. The number of aliphatic carboxylic acids is 1. The zero-order valence-electron chi connectivity index (χ0n) is 9.67. The van der Waals surface area contributed by atoms with E-state index >= 15 is 0 Å². The van der Waals surface area contributed by atoms with E-state index in [-0.39, 0.29) is 12.5 Å². The number of nitrogens with zero attached hydrogens (tertiary/aromatic N) is 3. The van der Waals surface area contributed by atoms with Crippen LogP contribution in [0, 0.1) is 0 Å². The summed E-state index contributed by atoms with van der Waals surface area (Å²) in [6, 6.07) is -0.828. The van der Waals surface area contributed by atoms with Gasteiger partial charge in [-0.25, -0.2) is 14.5 Å². The fourth-order valence-corrected chi connectivity index (χ4v) is 1.37. The topological polar surface area (TPSA) is 97.1 Å². The highest BCUT2D eigenvalue weighted by Gasteiger charge is 2.19. The van der Waals surface area contributed by atoms with Crippen molar-refractivity contribution in [3.8, 4) is 0 Å². The summed E-state index contributed by atoms with van der Waals surface area (Å²) in [6.45, 7) is 1.95. The summed E-state index contributed by atoms with van der Waals surface area (Å²) < 4.78 is 1.34. The third kappa shape index (κ3) is 4.62. The maximum atomic E-state index is 11.5. The van der Waals surface area contributed by atoms with E-state index in [0.29, 0.717) is 6.42 Å². The Labute approximate surface area is 98.8 Å². The third-order valence-corrected chi connectivity index (χ3v) is 2.25. The van der Waals surface area contributed by atoms with E-state index in [1.807, 2.05) is 6.92 Å². The molecule has 0 bridgehead atoms. The van der Waals surface area contributed by atoms with Gasteiger partial charge in [-0.1, -0.05) is 19.8 Å². The van der Waals surface area contributed by atoms with Crippen molar-refractivity contribution in [2.75, 3.05) is 0 Å². The third-order valence-electron chi connectivity index (χ3n) is 2.25. The Kier molecular flexibility index (Phi) is 5.12. The van der Waals surface area contributed by atoms with Crippen LogP contribution in [0.15, 0.2) is 12.7 Å². The first kappa shape index (κ1) is 13.1. The Bertz CT molecular complexity index is 364. The molecule has 0 aliphatic rings. The molecule has 0 fully saturated rings. The number of rotatable bonds is 7. The highest BCUT2D eigenvalue weighted by atomic mass is 16.4. The van der Waals surface area contributed by atoms with Crippen molar-refractivity contribution < 1.29 is 14.7 Å². The summed E-state index contributed by atoms with van der Waals surface area (Å²) in [7, 11) is 0. The lowest BCUT2D eigenvalue weighted by Crippen LogP contribution is -2.42. The van der Waals surface area contributed by atoms with Crippen molar-refractivity contribution in [3.05, 3.63) is 12.7 Å². The van der Waals surface area contributed by atoms with Gasteiger partial charge in [-0.2, -0.15) is 5.10 Å². The van der Waals surface area contributed by atoms with Gasteiger partial charge >= 0.3 is 5.97 Å². The molecule has 0 saturated carbocycles. The number of carboxylic acid groups (broad SMARTS) is 1. The molecule has 0 spiro atoms. The number of hydrogen-bond donors (Lipinski definition) is 2. The Balaban J connectivity index is 2.43. The van der Waals surface area contributed by atoms with Crippen molar-refractivity contribution in [3.63, 3.8) is 0 Å². The predicted molar refractivity (Wildman–Crippen MR) is 59.1 cm³/mol. The maximum absolute atomic E-state index is 11.5. The molecule has 0 saturated heterocycles. The van der Waals surface area contributed by atoms with Crippen LogP contribution in [0.3, 0.4) is 0 Å². The van der Waals surface area contributed by atoms with Gasteiger partial charge in [-0.3, -0.25) is 4.79 Å². The van der Waals surface area contributed by atoms with Gasteiger partial charge in [-0.05, 0) is 6.42 Å². The molecule has 2 N–H and O–H groups in total. The Hall–Kier alpha value is -1.92. The average molecular weight is 240 g/mol. The van der Waals surface area contributed by atoms with Crippen LogP contribution in [0.1, 0.15) is 26.2 Å². The van der Waals surface area contributed by atoms with E-state index in [9.17, 15) is 9.59 Å². The summed E-state index contributed by atoms with van der Waals surface area (Å²) in [5.41, 5.74) is 0. The molecule has 1 atom stereocenters. The number of nitrogens with one attached hydrogen (secondary N) is 1. The fourth-order valence-electron chi connectivity index (χ4n) is 1.37. The number of carbonyl (C=O) groups is 2. The lowest BCUT2D eigenvalue weighted by molar-refractivity contribution is -0.142. The molecule has 0 unspecified atom stereocenters. The fraction of sp³-hybridized carbons (Fsp3) is 0.600. The minimum Gasteiger partial charge on any atom is -0.480 e. The molecule has 0 radical (unpaired) electrons. The van der Waals surface area contributed by atoms with Gasteiger partial charge in [-0.15, -0.1) is 0 Å². The monoisotopic (exact) mass is 240 g/mol. The van der Waals surface area contributed by atoms with Gasteiger partial charge in [0.05, 0.1) is 0 Å². The average Bonchev–Trinajstić information content (AvgIpc) is 2.76. The van der Waals surface area contributed by atoms with Crippen LogP contribution >= 0.6 is 0 Å². The molecule has 17 heavy (non-hydrogen) atoms. The van der Waals surface area contributed by atoms with E-state index < -0.39 is 12.0 Å². The van der Waals surface area contributed by atoms with Gasteiger partial charge in [0.25, 0.3) is 0 Å². The van der Waals surface area contributed by atoms with Crippen LogP contribution in [0.2, 0.25) is 0 Å². The molecule has 1 aromatic rings. The van der Waals surface area contributed by atoms with Crippen molar-refractivity contribution in [2.45, 2.75) is 38.8 Å². The van der Waals surface area contributed by atoms with Gasteiger partial charge in [0.2, 0.25) is 5.91 Å². The van der Waals surface area contributed by atoms with Crippen molar-refractivity contribution in [1.82, 2.24) is 20.1 Å². The molecule has 7 heteroatoms. The van der Waals surface area contributed by atoms with Gasteiger partial charge in [0, 0.05) is 0 Å². The van der Waals surface area contributed by atoms with Gasteiger partial charge in [0.15, 0.2) is 0 Å². The van der Waals surface area contributed by atoms with E-state index in [1.165, 1.54) is 17.3 Å². The molecule has 1 heterocycles. The molecule has 1 aromatic heterocycles. The minimum atomic E-state index is -1.01. The first-order chi connectivity index (χ1) is 8.13. The number of aromatic nitrogens is 3. The molecule has 94 valence electrons. The second-order valence-electron chi connectivity index (χ2n) is 3.69. The molecule has 1 amide bonds. The zero-order chi connectivity index (χ0) is 12.7. The quantitative estimate of drug-likeness (QED) is 0.701. The Morgan fingerprint density at radius 1 is 1.53 bits per heavy atom. The second-order valence-corrected chi connectivity index (χ2v) is 3.69. The summed E-state index contributed by atoms with van der Waals surface area (Å²) >= 11 is 0. The highest BCUT2D eigenvalue weighted by Crippen LogP contribution is 2.01. The standard InChI is InChI=1S/C10H16N4O3/c1-2-3-4-8(10(16)17)13-9(15)5-14-7-11-6-12-14/h6-8H,2-5H2,1H3,(H,13,15)(H,16,17)/t8-/m0/s1. The van der Waals surface area contributed by atoms with Crippen LogP contribution < -0.4 is 5.32 Å². The lowest BCUT2D eigenvalue weighted by atomic mass is 10.1. The molecule has 7 nitrogen and oxygen atoms in total. The number of hydrogen-bond acceptors (Lipinski definition) is 4. The summed E-state index contributed by atoms with van der Waals surface area (Å²) in [6.07, 6.45) is 4.82. The van der Waals surface area contributed by atoms with Crippen LogP contribution in [-0.2, 0) is 16.1 Å². The first-order valence-corrected chi connectivity index (χ1v) is 5.48. The zero-order valence-corrected chi connectivity index (χ0v) is 9.67. The SMILES string of the molecule is CCCC[C@H](NC(=O)Cn1cncn1)C(=O)O. The Morgan fingerprint density at radius 2 is 2.29 bits per heavy atom. The van der Waals surface area contributed by atoms with Crippen molar-refractivity contribution in [2.24, 2.45) is 0 Å². The van der Waals surface area contributed by atoms with Crippen LogP contribution in [0.4, 0.5) is 0 Å². The number of unbranched alkanes of at least 4 members (excludes halogenated alkanes) is 1. The van der Waals surface area contributed by atoms with E-state index in [1.54, 1.807) is 0 Å². The van der Waals surface area contributed by atoms with Gasteiger partial charge < -0.3 is 10.4 Å². The maximum Gasteiger partial charge on any atom is 0.326 e. The van der Waals surface area contributed by atoms with Crippen LogP contribution in [0.25, 0.3) is 0 Å². The van der Waals surface area contributed by atoms with Gasteiger partial charge in [0.1, 0.15) is 25.2 Å². The molecule has 0 aliphatic heterocycles. The first-order valence-electron chi connectivity index (χ1n) is 5.48. The summed E-state index contributed by atoms with van der Waals surface area (Å²) in [4.78, 5) is 26.1. The Morgan fingerprint density at radius 3 is 2.82 bits per heavy atom. The van der Waals surface area contributed by atoms with E-state index in [2.05, 4.69) is 15.4 Å². The van der Waals surface area contributed by atoms with Crippen molar-refractivity contribution >= 4 is 11.9 Å². The number of carboxylic acids is 1. The van der Waals surface area contributed by atoms with Crippen molar-refractivity contribution in [1.29, 1.82) is 0 Å². The number of carbonyl (C=O) groups excluding carboxylic acids is 1. The van der Waals surface area contributed by atoms with Crippen LogP contribution in [-0.4, -0.2) is 37.8 Å². The molecular weight excluding hydrogens is 224 g/mol. The molecular formula is C10H16N4O3. The summed E-state index contributed by atoms with van der Waals surface area (Å²) in [5.74, 6) is -1.38. The van der Waals surface area contributed by atoms with E-state index in [4.69, 9.17) is 5.11 Å². The predicted octanol–water partition coefficient (Wildman–Crippen LogP) is 0.0377. The normalized spacial score (nSPS) is 12.1. The highest BCUT2D eigenvalue weighted by molar-refractivity contribution is 5.83.